The zero-order valence-electron chi connectivity index (χ0n) is 18.9. The molecule has 168 valence electrons. The van der Waals surface area contributed by atoms with E-state index in [4.69, 9.17) is 18.9 Å². The number of ether oxygens (including phenoxy) is 4. The molecule has 7 heteroatoms. The van der Waals surface area contributed by atoms with Gasteiger partial charge in [-0.15, -0.1) is 0 Å². The summed E-state index contributed by atoms with van der Waals surface area (Å²) in [5.41, 5.74) is 2.02. The van der Waals surface area contributed by atoms with Crippen molar-refractivity contribution in [2.24, 2.45) is 0 Å². The molecule has 1 saturated heterocycles. The van der Waals surface area contributed by atoms with E-state index in [0.717, 1.165) is 11.1 Å². The van der Waals surface area contributed by atoms with Crippen molar-refractivity contribution in [1.29, 1.82) is 0 Å². The molecule has 0 radical (unpaired) electrons. The fraction of sp³-hybridized carbons (Fsp3) is 0.652. The van der Waals surface area contributed by atoms with Crippen LogP contribution in [0.5, 0.6) is 5.75 Å². The Labute approximate surface area is 179 Å². The van der Waals surface area contributed by atoms with Gasteiger partial charge in [0.2, 0.25) is 0 Å². The summed E-state index contributed by atoms with van der Waals surface area (Å²) in [6.07, 6.45) is -0.121. The largest absolute Gasteiger partial charge is 0.462 e. The number of nitrogens with one attached hydrogen (secondary N) is 1. The highest BCUT2D eigenvalue weighted by Crippen LogP contribution is 2.34. The van der Waals surface area contributed by atoms with E-state index in [9.17, 15) is 9.59 Å². The van der Waals surface area contributed by atoms with Gasteiger partial charge >= 0.3 is 12.1 Å². The molecule has 0 saturated carbocycles. The second kappa shape index (κ2) is 11.3. The van der Waals surface area contributed by atoms with Crippen LogP contribution in [-0.4, -0.2) is 43.7 Å². The van der Waals surface area contributed by atoms with Crippen LogP contribution in [0.1, 0.15) is 77.3 Å². The Hall–Kier alpha value is -2.12. The van der Waals surface area contributed by atoms with E-state index in [-0.39, 0.29) is 43.2 Å². The minimum absolute atomic E-state index is 0.0620. The number of para-hydroxylation sites is 1. The molecule has 1 amide bonds. The molecule has 0 aromatic heterocycles. The summed E-state index contributed by atoms with van der Waals surface area (Å²) in [6, 6.07) is 5.98. The number of amides is 1. The first-order chi connectivity index (χ1) is 14.2. The van der Waals surface area contributed by atoms with Crippen LogP contribution in [0.15, 0.2) is 18.2 Å². The van der Waals surface area contributed by atoms with Gasteiger partial charge < -0.3 is 24.3 Å². The smallest absolute Gasteiger partial charge is 0.412 e. The lowest BCUT2D eigenvalue weighted by Gasteiger charge is -2.33. The van der Waals surface area contributed by atoms with Crippen molar-refractivity contribution in [2.45, 2.75) is 84.7 Å². The Kier molecular flexibility index (Phi) is 9.11. The van der Waals surface area contributed by atoms with Gasteiger partial charge in [-0.3, -0.25) is 4.79 Å². The Morgan fingerprint density at radius 1 is 1.13 bits per heavy atom. The first-order valence-corrected chi connectivity index (χ1v) is 10.7. The Morgan fingerprint density at radius 3 is 2.33 bits per heavy atom. The SMILES string of the molecule is CC(=O)OC1C[C@H](OCCNC(=O)Oc2c(C(C)C)cccc2C(C)C)O[C@H](C)C1. The molecule has 1 N–H and O–H groups in total. The number of benzene rings is 1. The van der Waals surface area contributed by atoms with Crippen LogP contribution in [0, 0.1) is 0 Å². The van der Waals surface area contributed by atoms with Gasteiger partial charge in [0.05, 0.1) is 12.7 Å². The molecule has 1 aliphatic heterocycles. The van der Waals surface area contributed by atoms with Crippen LogP contribution in [0.25, 0.3) is 0 Å². The summed E-state index contributed by atoms with van der Waals surface area (Å²) < 4.78 is 22.4. The number of hydrogen-bond donors (Lipinski definition) is 1. The minimum atomic E-state index is -0.510. The molecule has 1 unspecified atom stereocenters. The van der Waals surface area contributed by atoms with E-state index >= 15 is 0 Å². The maximum atomic E-state index is 12.4. The summed E-state index contributed by atoms with van der Waals surface area (Å²) in [5.74, 6) is 0.810. The second-order valence-electron chi connectivity index (χ2n) is 8.34. The topological polar surface area (TPSA) is 83.1 Å². The van der Waals surface area contributed by atoms with Crippen molar-refractivity contribution in [2.75, 3.05) is 13.2 Å². The monoisotopic (exact) mass is 421 g/mol. The molecule has 0 spiro atoms. The fourth-order valence-corrected chi connectivity index (χ4v) is 3.56. The summed E-state index contributed by atoms with van der Waals surface area (Å²) >= 11 is 0. The number of carbonyl (C=O) groups is 2. The first kappa shape index (κ1) is 24.2. The predicted octanol–water partition coefficient (Wildman–Crippen LogP) is 4.50. The lowest BCUT2D eigenvalue weighted by atomic mass is 9.94. The van der Waals surface area contributed by atoms with E-state index in [2.05, 4.69) is 33.0 Å². The maximum absolute atomic E-state index is 12.4. The van der Waals surface area contributed by atoms with Crippen LogP contribution in [0.2, 0.25) is 0 Å². The standard InChI is InChI=1S/C23H35NO6/c1-14(2)19-8-7-9-20(15(3)4)22(19)30-23(26)24-10-11-27-21-13-18(29-17(6)25)12-16(5)28-21/h7-9,14-16,18,21H,10-13H2,1-6H3,(H,24,26)/t16-,18?,21-/m1/s1. The summed E-state index contributed by atoms with van der Waals surface area (Å²) in [5, 5.41) is 2.73. The third-order valence-corrected chi connectivity index (χ3v) is 4.96. The van der Waals surface area contributed by atoms with Crippen molar-refractivity contribution >= 4 is 12.1 Å². The second-order valence-corrected chi connectivity index (χ2v) is 8.34. The van der Waals surface area contributed by atoms with Crippen molar-refractivity contribution in [3.63, 3.8) is 0 Å². The Bertz CT molecular complexity index is 691. The number of carbonyl (C=O) groups excluding carboxylic acids is 2. The highest BCUT2D eigenvalue weighted by molar-refractivity contribution is 5.71. The van der Waals surface area contributed by atoms with Crippen molar-refractivity contribution in [3.8, 4) is 5.75 Å². The fourth-order valence-electron chi connectivity index (χ4n) is 3.56. The third-order valence-electron chi connectivity index (χ3n) is 4.96. The van der Waals surface area contributed by atoms with E-state index in [1.807, 2.05) is 25.1 Å². The summed E-state index contributed by atoms with van der Waals surface area (Å²) in [6.45, 7) is 12.2. The van der Waals surface area contributed by atoms with Gasteiger partial charge in [-0.25, -0.2) is 4.79 Å². The highest BCUT2D eigenvalue weighted by Gasteiger charge is 2.29. The van der Waals surface area contributed by atoms with E-state index in [0.29, 0.717) is 18.6 Å². The average molecular weight is 422 g/mol. The Balaban J connectivity index is 1.84. The molecule has 0 aliphatic carbocycles. The lowest BCUT2D eigenvalue weighted by Crippen LogP contribution is -2.39. The Morgan fingerprint density at radius 2 is 1.77 bits per heavy atom. The molecule has 7 nitrogen and oxygen atoms in total. The van der Waals surface area contributed by atoms with Gasteiger partial charge in [0.25, 0.3) is 0 Å². The van der Waals surface area contributed by atoms with Crippen LogP contribution < -0.4 is 10.1 Å². The van der Waals surface area contributed by atoms with Crippen LogP contribution >= 0.6 is 0 Å². The molecule has 3 atom stereocenters. The molecule has 1 aliphatic rings. The molecular formula is C23H35NO6. The number of rotatable bonds is 8. The number of esters is 1. The van der Waals surface area contributed by atoms with Crippen LogP contribution in [0.3, 0.4) is 0 Å². The van der Waals surface area contributed by atoms with Crippen molar-refractivity contribution < 1.29 is 28.5 Å². The molecule has 1 heterocycles. The molecule has 2 rings (SSSR count). The molecular weight excluding hydrogens is 386 g/mol. The average Bonchev–Trinajstić information content (AvgIpc) is 2.64. The van der Waals surface area contributed by atoms with Crippen molar-refractivity contribution in [3.05, 3.63) is 29.3 Å². The molecule has 0 bridgehead atoms. The normalized spacial score (nSPS) is 21.5. The highest BCUT2D eigenvalue weighted by atomic mass is 16.7. The summed E-state index contributed by atoms with van der Waals surface area (Å²) in [4.78, 5) is 23.5. The zero-order valence-corrected chi connectivity index (χ0v) is 18.9. The first-order valence-electron chi connectivity index (χ1n) is 10.7. The van der Waals surface area contributed by atoms with Gasteiger partial charge in [0.1, 0.15) is 11.9 Å². The molecule has 1 aromatic carbocycles. The van der Waals surface area contributed by atoms with Crippen molar-refractivity contribution in [1.82, 2.24) is 5.32 Å². The lowest BCUT2D eigenvalue weighted by molar-refractivity contribution is -0.216. The quantitative estimate of drug-likeness (QED) is 0.492. The van der Waals surface area contributed by atoms with Gasteiger partial charge in [-0.2, -0.15) is 0 Å². The van der Waals surface area contributed by atoms with Crippen LogP contribution in [0.4, 0.5) is 4.79 Å². The maximum Gasteiger partial charge on any atom is 0.412 e. The van der Waals surface area contributed by atoms with E-state index in [1.165, 1.54) is 6.92 Å². The van der Waals surface area contributed by atoms with Crippen LogP contribution in [-0.2, 0) is 19.0 Å². The van der Waals surface area contributed by atoms with Gasteiger partial charge in [0, 0.05) is 26.3 Å². The van der Waals surface area contributed by atoms with E-state index < -0.39 is 12.4 Å². The number of hydrogen-bond acceptors (Lipinski definition) is 6. The van der Waals surface area contributed by atoms with Gasteiger partial charge in [-0.1, -0.05) is 45.9 Å². The third kappa shape index (κ3) is 7.29. The zero-order chi connectivity index (χ0) is 22.3. The molecule has 30 heavy (non-hydrogen) atoms. The molecule has 1 aromatic rings. The predicted molar refractivity (Wildman–Crippen MR) is 114 cm³/mol. The van der Waals surface area contributed by atoms with Gasteiger partial charge in [0.15, 0.2) is 6.29 Å². The van der Waals surface area contributed by atoms with Gasteiger partial charge in [-0.05, 0) is 29.9 Å². The molecule has 1 fully saturated rings. The minimum Gasteiger partial charge on any atom is -0.462 e. The van der Waals surface area contributed by atoms with E-state index in [1.54, 1.807) is 0 Å². The summed E-state index contributed by atoms with van der Waals surface area (Å²) in [7, 11) is 0.